The van der Waals surface area contributed by atoms with E-state index >= 15 is 0 Å². The van der Waals surface area contributed by atoms with Crippen molar-refractivity contribution < 1.29 is 8.78 Å². The summed E-state index contributed by atoms with van der Waals surface area (Å²) in [5.74, 6) is 0. The Morgan fingerprint density at radius 2 is 2.06 bits per heavy atom. The predicted molar refractivity (Wildman–Crippen MR) is 69.0 cm³/mol. The summed E-state index contributed by atoms with van der Waals surface area (Å²) in [4.78, 5) is 1.92. The minimum Gasteiger partial charge on any atom is -0.311 e. The number of halogens is 2. The molecule has 0 aromatic heterocycles. The summed E-state index contributed by atoms with van der Waals surface area (Å²) in [5.41, 5.74) is 1.21. The third kappa shape index (κ3) is 3.75. The molecule has 4 heteroatoms. The molecule has 1 N–H and O–H groups in total. The molecule has 1 aliphatic heterocycles. The Morgan fingerprint density at radius 3 is 2.72 bits per heavy atom. The summed E-state index contributed by atoms with van der Waals surface area (Å²) in [6.45, 7) is 3.39. The fourth-order valence-corrected chi connectivity index (χ4v) is 2.52. The summed E-state index contributed by atoms with van der Waals surface area (Å²) in [5, 5.41) is 3.37. The molecule has 1 aromatic carbocycles. The molecule has 0 amide bonds. The third-order valence-electron chi connectivity index (χ3n) is 3.41. The molecule has 1 fully saturated rings. The molecule has 18 heavy (non-hydrogen) atoms. The van der Waals surface area contributed by atoms with Gasteiger partial charge < -0.3 is 5.32 Å². The number of piperazine rings is 1. The highest BCUT2D eigenvalue weighted by Gasteiger charge is 2.27. The van der Waals surface area contributed by atoms with Gasteiger partial charge in [0, 0.05) is 25.2 Å². The van der Waals surface area contributed by atoms with E-state index in [1.165, 1.54) is 5.56 Å². The molecule has 1 aliphatic rings. The smallest absolute Gasteiger partial charge is 0.251 e. The highest BCUT2D eigenvalue weighted by molar-refractivity contribution is 5.16. The van der Waals surface area contributed by atoms with Crippen LogP contribution in [0.4, 0.5) is 8.78 Å². The minimum absolute atomic E-state index is 0.122. The van der Waals surface area contributed by atoms with Crippen LogP contribution in [0.2, 0.25) is 0 Å². The number of rotatable bonds is 4. The lowest BCUT2D eigenvalue weighted by Gasteiger charge is -2.39. The predicted octanol–water partition coefficient (Wildman–Crippen LogP) is 2.16. The summed E-state index contributed by atoms with van der Waals surface area (Å²) >= 11 is 0. The van der Waals surface area contributed by atoms with Crippen LogP contribution in [-0.2, 0) is 6.42 Å². The summed E-state index contributed by atoms with van der Waals surface area (Å²) in [7, 11) is 0. The second-order valence-electron chi connectivity index (χ2n) is 5.00. The fraction of sp³-hybridized carbons (Fsp3) is 0.571. The molecule has 1 heterocycles. The Labute approximate surface area is 107 Å². The van der Waals surface area contributed by atoms with E-state index in [2.05, 4.69) is 17.4 Å². The summed E-state index contributed by atoms with van der Waals surface area (Å²) in [6.07, 6.45) is -1.43. The van der Waals surface area contributed by atoms with Crippen molar-refractivity contribution in [2.45, 2.75) is 31.9 Å². The van der Waals surface area contributed by atoms with Crippen molar-refractivity contribution in [2.24, 2.45) is 0 Å². The summed E-state index contributed by atoms with van der Waals surface area (Å²) in [6, 6.07) is 10.5. The Hall–Kier alpha value is -1.00. The van der Waals surface area contributed by atoms with Crippen LogP contribution >= 0.6 is 0 Å². The molecule has 1 aromatic rings. The van der Waals surface area contributed by atoms with Gasteiger partial charge in [0.2, 0.25) is 0 Å². The molecule has 0 bridgehead atoms. The molecule has 2 rings (SSSR count). The molecule has 1 saturated heterocycles. The van der Waals surface area contributed by atoms with E-state index in [1.807, 2.05) is 30.0 Å². The Morgan fingerprint density at radius 1 is 1.33 bits per heavy atom. The Balaban J connectivity index is 2.00. The van der Waals surface area contributed by atoms with Crippen LogP contribution < -0.4 is 5.32 Å². The van der Waals surface area contributed by atoms with Crippen LogP contribution in [-0.4, -0.2) is 43.0 Å². The monoisotopic (exact) mass is 254 g/mol. The first-order valence-corrected chi connectivity index (χ1v) is 6.44. The standard InChI is InChI=1S/C14H20F2N2/c1-11-9-18(10-14(15)16)13(8-17-11)7-12-5-3-2-4-6-12/h2-6,11,13-14,17H,7-10H2,1H3. The van der Waals surface area contributed by atoms with Gasteiger partial charge in [-0.3, -0.25) is 4.90 Å². The van der Waals surface area contributed by atoms with Crippen LogP contribution in [0.15, 0.2) is 30.3 Å². The van der Waals surface area contributed by atoms with Gasteiger partial charge in [-0.1, -0.05) is 30.3 Å². The number of alkyl halides is 2. The fourth-order valence-electron chi connectivity index (χ4n) is 2.52. The van der Waals surface area contributed by atoms with Crippen molar-refractivity contribution in [1.82, 2.24) is 10.2 Å². The van der Waals surface area contributed by atoms with E-state index in [-0.39, 0.29) is 18.6 Å². The third-order valence-corrected chi connectivity index (χ3v) is 3.41. The lowest BCUT2D eigenvalue weighted by atomic mass is 10.0. The van der Waals surface area contributed by atoms with Crippen LogP contribution in [0.5, 0.6) is 0 Å². The highest BCUT2D eigenvalue weighted by Crippen LogP contribution is 2.14. The van der Waals surface area contributed by atoms with Gasteiger partial charge in [0.1, 0.15) is 0 Å². The molecule has 0 saturated carbocycles. The van der Waals surface area contributed by atoms with Gasteiger partial charge in [0.15, 0.2) is 0 Å². The Bertz CT molecular complexity index is 354. The molecular formula is C14H20F2N2. The van der Waals surface area contributed by atoms with Crippen molar-refractivity contribution in [3.63, 3.8) is 0 Å². The Kier molecular flexibility index (Phi) is 4.66. The van der Waals surface area contributed by atoms with Crippen molar-refractivity contribution in [3.8, 4) is 0 Å². The number of nitrogens with one attached hydrogen (secondary N) is 1. The van der Waals surface area contributed by atoms with E-state index in [1.54, 1.807) is 0 Å². The van der Waals surface area contributed by atoms with Gasteiger partial charge in [-0.2, -0.15) is 0 Å². The molecule has 100 valence electrons. The lowest BCUT2D eigenvalue weighted by Crippen LogP contribution is -2.57. The second-order valence-corrected chi connectivity index (χ2v) is 5.00. The van der Waals surface area contributed by atoms with Crippen molar-refractivity contribution in [3.05, 3.63) is 35.9 Å². The molecule has 0 spiro atoms. The van der Waals surface area contributed by atoms with Gasteiger partial charge in [-0.25, -0.2) is 8.78 Å². The van der Waals surface area contributed by atoms with E-state index in [0.29, 0.717) is 6.54 Å². The zero-order valence-corrected chi connectivity index (χ0v) is 10.7. The zero-order chi connectivity index (χ0) is 13.0. The SMILES string of the molecule is CC1CN(CC(F)F)C(Cc2ccccc2)CN1. The lowest BCUT2D eigenvalue weighted by molar-refractivity contribution is 0.0451. The number of benzene rings is 1. The van der Waals surface area contributed by atoms with Crippen LogP contribution in [0.3, 0.4) is 0 Å². The number of hydrogen-bond donors (Lipinski definition) is 1. The maximum atomic E-state index is 12.6. The van der Waals surface area contributed by atoms with Crippen molar-refractivity contribution in [2.75, 3.05) is 19.6 Å². The molecular weight excluding hydrogens is 234 g/mol. The quantitative estimate of drug-likeness (QED) is 0.885. The highest BCUT2D eigenvalue weighted by atomic mass is 19.3. The molecule has 2 nitrogen and oxygen atoms in total. The van der Waals surface area contributed by atoms with Crippen molar-refractivity contribution >= 4 is 0 Å². The summed E-state index contributed by atoms with van der Waals surface area (Å²) < 4.78 is 25.2. The first-order chi connectivity index (χ1) is 8.65. The van der Waals surface area contributed by atoms with Gasteiger partial charge in [0.25, 0.3) is 6.43 Å². The minimum atomic E-state index is -2.26. The average molecular weight is 254 g/mol. The van der Waals surface area contributed by atoms with Gasteiger partial charge in [-0.05, 0) is 18.9 Å². The second kappa shape index (κ2) is 6.25. The maximum absolute atomic E-state index is 12.6. The van der Waals surface area contributed by atoms with E-state index < -0.39 is 6.43 Å². The number of hydrogen-bond acceptors (Lipinski definition) is 2. The molecule has 2 atom stereocenters. The van der Waals surface area contributed by atoms with Gasteiger partial charge in [0.05, 0.1) is 6.54 Å². The average Bonchev–Trinajstić information content (AvgIpc) is 2.33. The maximum Gasteiger partial charge on any atom is 0.251 e. The molecule has 0 aliphatic carbocycles. The van der Waals surface area contributed by atoms with Crippen LogP contribution in [0.25, 0.3) is 0 Å². The molecule has 2 unspecified atom stereocenters. The van der Waals surface area contributed by atoms with Gasteiger partial charge >= 0.3 is 0 Å². The number of nitrogens with zero attached hydrogens (tertiary/aromatic N) is 1. The van der Waals surface area contributed by atoms with E-state index in [0.717, 1.165) is 13.0 Å². The van der Waals surface area contributed by atoms with E-state index in [4.69, 9.17) is 0 Å². The first kappa shape index (κ1) is 13.4. The van der Waals surface area contributed by atoms with Crippen LogP contribution in [0, 0.1) is 0 Å². The van der Waals surface area contributed by atoms with E-state index in [9.17, 15) is 8.78 Å². The van der Waals surface area contributed by atoms with Crippen molar-refractivity contribution in [1.29, 1.82) is 0 Å². The normalized spacial score (nSPS) is 25.6. The van der Waals surface area contributed by atoms with Gasteiger partial charge in [-0.15, -0.1) is 0 Å². The topological polar surface area (TPSA) is 15.3 Å². The zero-order valence-electron chi connectivity index (χ0n) is 10.7. The van der Waals surface area contributed by atoms with Crippen LogP contribution in [0.1, 0.15) is 12.5 Å². The largest absolute Gasteiger partial charge is 0.311 e. The molecule has 0 radical (unpaired) electrons. The first-order valence-electron chi connectivity index (χ1n) is 6.44.